The fourth-order valence-electron chi connectivity index (χ4n) is 11.0. The molecule has 0 aliphatic rings. The van der Waals surface area contributed by atoms with Crippen molar-refractivity contribution in [1.29, 1.82) is 0 Å². The first-order valence-corrected chi connectivity index (χ1v) is 25.6. The highest BCUT2D eigenvalue weighted by Crippen LogP contribution is 2.48. The molecule has 0 saturated heterocycles. The zero-order chi connectivity index (χ0) is 57.4. The Morgan fingerprint density at radius 3 is 0.840 bits per heavy atom. The fraction of sp³-hybridized carbons (Fsp3) is 0.118. The number of para-hydroxylation sites is 1. The van der Waals surface area contributed by atoms with Crippen LogP contribution in [-0.4, -0.2) is 4.57 Å². The zero-order valence-corrected chi connectivity index (χ0v) is 43.3. The van der Waals surface area contributed by atoms with Crippen LogP contribution < -0.4 is 0 Å². The van der Waals surface area contributed by atoms with E-state index in [9.17, 15) is 52.7 Å². The Labute approximate surface area is 458 Å². The normalized spacial score (nSPS) is 12.6. The summed E-state index contributed by atoms with van der Waals surface area (Å²) in [5, 5.41) is 1.12. The van der Waals surface area contributed by atoms with E-state index in [2.05, 4.69) is 26.8 Å². The quantitative estimate of drug-likeness (QED) is 0.134. The fourth-order valence-corrected chi connectivity index (χ4v) is 11.0. The lowest BCUT2D eigenvalue weighted by molar-refractivity contribution is -0.137. The highest BCUT2D eigenvalue weighted by atomic mass is 19.4. The van der Waals surface area contributed by atoms with Crippen LogP contribution in [0.15, 0.2) is 218 Å². The van der Waals surface area contributed by atoms with Crippen LogP contribution in [0.3, 0.4) is 0 Å². The molecule has 0 unspecified atom stereocenters. The van der Waals surface area contributed by atoms with Crippen LogP contribution in [0, 0.1) is 0 Å². The van der Waals surface area contributed by atoms with Crippen molar-refractivity contribution in [2.24, 2.45) is 0 Å². The Bertz CT molecular complexity index is 3850. The number of fused-ring (bicyclic) bond motifs is 3. The molecule has 0 amide bonds. The van der Waals surface area contributed by atoms with Crippen LogP contribution in [0.25, 0.3) is 105 Å². The molecule has 0 atom stereocenters. The van der Waals surface area contributed by atoms with E-state index in [4.69, 9.17) is 0 Å². The summed E-state index contributed by atoms with van der Waals surface area (Å²) in [7, 11) is 0. The molecule has 0 bridgehead atoms. The van der Waals surface area contributed by atoms with Gasteiger partial charge in [0.1, 0.15) is 0 Å². The molecule has 0 N–H and O–H groups in total. The Balaban J connectivity index is 1.21. The first-order chi connectivity index (χ1) is 38.3. The number of halogens is 12. The third-order valence-electron chi connectivity index (χ3n) is 14.6. The molecule has 1 aromatic heterocycles. The van der Waals surface area contributed by atoms with E-state index < -0.39 is 47.0 Å². The smallest absolute Gasteiger partial charge is 0.309 e. The highest BCUT2D eigenvalue weighted by Gasteiger charge is 2.37. The molecule has 13 heteroatoms. The van der Waals surface area contributed by atoms with Gasteiger partial charge >= 0.3 is 24.7 Å². The van der Waals surface area contributed by atoms with Crippen molar-refractivity contribution in [3.05, 3.63) is 246 Å². The van der Waals surface area contributed by atoms with Gasteiger partial charge in [0.15, 0.2) is 0 Å². The van der Waals surface area contributed by atoms with Gasteiger partial charge in [0.05, 0.1) is 39.0 Å². The predicted molar refractivity (Wildman–Crippen MR) is 298 cm³/mol. The Kier molecular flexibility index (Phi) is 13.4. The van der Waals surface area contributed by atoms with Crippen molar-refractivity contribution in [2.45, 2.75) is 50.9 Å². The van der Waals surface area contributed by atoms with E-state index in [0.29, 0.717) is 32.9 Å². The topological polar surface area (TPSA) is 4.93 Å². The lowest BCUT2D eigenvalue weighted by Gasteiger charge is -2.24. The summed E-state index contributed by atoms with van der Waals surface area (Å²) in [5.74, 6) is 0. The number of benzene rings is 10. The van der Waals surface area contributed by atoms with Gasteiger partial charge in [-0.3, -0.25) is 0 Å². The number of hydrogen-bond donors (Lipinski definition) is 0. The molecule has 0 saturated carbocycles. The minimum Gasteiger partial charge on any atom is -0.309 e. The standard InChI is InChI=1S/C68H45F12N/c1-64(2,3)56-22-10-8-20-52(56)53-21-9-15-27-61(53)81-62-30-28-40(42-32-44(48-16-4-11-23-57(48)65(69,70)71)36-45(33-42)49-17-5-12-24-58(49)66(72,73)74)38-54(62)55-39-41(29-31-63(55)81)43-34-46(50-18-6-13-25-59(50)67(75,76)77)37-47(35-43)51-19-7-14-26-60(51)68(78,79)80/h4-39H,1-3H3. The molecule has 0 aliphatic carbocycles. The van der Waals surface area contributed by atoms with Crippen molar-refractivity contribution < 1.29 is 52.7 Å². The predicted octanol–water partition coefficient (Wildman–Crippen LogP) is 21.8. The second-order valence-electron chi connectivity index (χ2n) is 20.9. The summed E-state index contributed by atoms with van der Waals surface area (Å²) in [4.78, 5) is 0. The molecular weight excluding hydrogens is 1060 g/mol. The van der Waals surface area contributed by atoms with Gasteiger partial charge in [0, 0.05) is 16.3 Å². The van der Waals surface area contributed by atoms with Crippen LogP contribution >= 0.6 is 0 Å². The largest absolute Gasteiger partial charge is 0.417 e. The van der Waals surface area contributed by atoms with Crippen molar-refractivity contribution in [3.8, 4) is 83.6 Å². The summed E-state index contributed by atoms with van der Waals surface area (Å²) in [6.07, 6.45) is -19.3. The number of rotatable bonds is 8. The van der Waals surface area contributed by atoms with Gasteiger partial charge in [-0.05, 0) is 174 Å². The summed E-state index contributed by atoms with van der Waals surface area (Å²) < 4.78 is 179. The molecule has 0 fully saturated rings. The second-order valence-corrected chi connectivity index (χ2v) is 20.9. The first-order valence-electron chi connectivity index (χ1n) is 25.6. The van der Waals surface area contributed by atoms with Crippen molar-refractivity contribution in [2.75, 3.05) is 0 Å². The zero-order valence-electron chi connectivity index (χ0n) is 43.3. The average molecular weight is 1100 g/mol. The van der Waals surface area contributed by atoms with E-state index in [0.717, 1.165) is 46.6 Å². The number of hydrogen-bond acceptors (Lipinski definition) is 0. The molecule has 1 heterocycles. The molecule has 0 aliphatic heterocycles. The third kappa shape index (κ3) is 10.4. The Morgan fingerprint density at radius 1 is 0.247 bits per heavy atom. The maximum Gasteiger partial charge on any atom is 0.417 e. The van der Waals surface area contributed by atoms with E-state index >= 15 is 0 Å². The van der Waals surface area contributed by atoms with Gasteiger partial charge < -0.3 is 4.57 Å². The maximum atomic E-state index is 14.7. The molecule has 11 rings (SSSR count). The molecule has 1 nitrogen and oxygen atoms in total. The monoisotopic (exact) mass is 1100 g/mol. The minimum atomic E-state index is -4.83. The maximum absolute atomic E-state index is 14.7. The summed E-state index contributed by atoms with van der Waals surface area (Å²) in [6.45, 7) is 6.31. The van der Waals surface area contributed by atoms with Crippen LogP contribution in [-0.2, 0) is 30.1 Å². The molecule has 406 valence electrons. The van der Waals surface area contributed by atoms with Gasteiger partial charge in [0.2, 0.25) is 0 Å². The molecule has 11 aromatic rings. The molecule has 0 spiro atoms. The first kappa shape index (κ1) is 54.1. The Morgan fingerprint density at radius 2 is 0.519 bits per heavy atom. The lowest BCUT2D eigenvalue weighted by Crippen LogP contribution is -2.13. The SMILES string of the molecule is CC(C)(C)c1ccccc1-c1ccccc1-n1c2ccc(-c3cc(-c4ccccc4C(F)(F)F)cc(-c4ccccc4C(F)(F)F)c3)cc2c2cc(-c3cc(-c4ccccc4C(F)(F)F)cc(-c4ccccc4C(F)(F)F)c3)ccc21. The van der Waals surface area contributed by atoms with Crippen molar-refractivity contribution in [1.82, 2.24) is 4.57 Å². The van der Waals surface area contributed by atoms with Crippen LogP contribution in [0.5, 0.6) is 0 Å². The number of aromatic nitrogens is 1. The van der Waals surface area contributed by atoms with E-state index in [-0.39, 0.29) is 61.0 Å². The van der Waals surface area contributed by atoms with Gasteiger partial charge in [0.25, 0.3) is 0 Å². The van der Waals surface area contributed by atoms with E-state index in [1.807, 2.05) is 59.2 Å². The van der Waals surface area contributed by atoms with Gasteiger partial charge in [-0.25, -0.2) is 0 Å². The minimum absolute atomic E-state index is 0.00136. The van der Waals surface area contributed by atoms with Gasteiger partial charge in [-0.15, -0.1) is 0 Å². The van der Waals surface area contributed by atoms with Crippen molar-refractivity contribution in [3.63, 3.8) is 0 Å². The lowest BCUT2D eigenvalue weighted by atomic mass is 9.81. The van der Waals surface area contributed by atoms with Crippen molar-refractivity contribution >= 4 is 21.8 Å². The second kappa shape index (κ2) is 20.1. The molecular formula is C68H45F12N. The number of nitrogens with zero attached hydrogens (tertiary/aromatic N) is 1. The molecule has 0 radical (unpaired) electrons. The van der Waals surface area contributed by atoms with E-state index in [1.165, 1.54) is 109 Å². The van der Waals surface area contributed by atoms with Crippen LogP contribution in [0.2, 0.25) is 0 Å². The highest BCUT2D eigenvalue weighted by molar-refractivity contribution is 6.12. The third-order valence-corrected chi connectivity index (χ3v) is 14.6. The number of alkyl halides is 12. The van der Waals surface area contributed by atoms with Gasteiger partial charge in [-0.1, -0.05) is 148 Å². The van der Waals surface area contributed by atoms with Crippen LogP contribution in [0.4, 0.5) is 52.7 Å². The molecule has 10 aromatic carbocycles. The van der Waals surface area contributed by atoms with E-state index in [1.54, 1.807) is 24.3 Å². The molecule has 81 heavy (non-hydrogen) atoms. The Hall–Kier alpha value is -8.84. The van der Waals surface area contributed by atoms with Crippen LogP contribution in [0.1, 0.15) is 48.6 Å². The summed E-state index contributed by atoms with van der Waals surface area (Å²) in [5.41, 5.74) is 0.869. The summed E-state index contributed by atoms with van der Waals surface area (Å²) >= 11 is 0. The van der Waals surface area contributed by atoms with Gasteiger partial charge in [-0.2, -0.15) is 52.7 Å². The average Bonchev–Trinajstić information content (AvgIpc) is 3.87. The summed E-state index contributed by atoms with van der Waals surface area (Å²) in [6, 6.07) is 54.3.